The SMILES string of the molecule is CCOc1ccc(C(C)O)cc1CN(C)CCCOC. The number of hydrogen-bond acceptors (Lipinski definition) is 4. The average molecular weight is 281 g/mol. The van der Waals surface area contributed by atoms with Gasteiger partial charge >= 0.3 is 0 Å². The molecule has 0 fully saturated rings. The molecule has 114 valence electrons. The minimum Gasteiger partial charge on any atom is -0.494 e. The molecule has 1 rings (SSSR count). The number of aliphatic hydroxyl groups is 1. The Hall–Kier alpha value is -1.10. The number of ether oxygens (including phenoxy) is 2. The highest BCUT2D eigenvalue weighted by Gasteiger charge is 2.10. The number of benzene rings is 1. The first-order valence-corrected chi connectivity index (χ1v) is 7.19. The summed E-state index contributed by atoms with van der Waals surface area (Å²) in [5.74, 6) is 0.899. The van der Waals surface area contributed by atoms with Crippen LogP contribution in [0, 0.1) is 0 Å². The number of rotatable bonds is 9. The maximum Gasteiger partial charge on any atom is 0.123 e. The van der Waals surface area contributed by atoms with Gasteiger partial charge in [-0.05, 0) is 45.0 Å². The van der Waals surface area contributed by atoms with Crippen LogP contribution in [0.1, 0.15) is 37.5 Å². The van der Waals surface area contributed by atoms with Crippen molar-refractivity contribution in [2.45, 2.75) is 32.9 Å². The number of methoxy groups -OCH3 is 1. The number of nitrogens with zero attached hydrogens (tertiary/aromatic N) is 1. The van der Waals surface area contributed by atoms with E-state index in [2.05, 4.69) is 11.9 Å². The van der Waals surface area contributed by atoms with Crippen molar-refractivity contribution < 1.29 is 14.6 Å². The summed E-state index contributed by atoms with van der Waals surface area (Å²) in [6, 6.07) is 5.90. The van der Waals surface area contributed by atoms with Crippen LogP contribution < -0.4 is 4.74 Å². The van der Waals surface area contributed by atoms with E-state index >= 15 is 0 Å². The lowest BCUT2D eigenvalue weighted by atomic mass is 10.1. The number of hydrogen-bond donors (Lipinski definition) is 1. The Balaban J connectivity index is 2.75. The average Bonchev–Trinajstić information content (AvgIpc) is 2.41. The first kappa shape index (κ1) is 17.0. The summed E-state index contributed by atoms with van der Waals surface area (Å²) in [6.07, 6.45) is 0.552. The van der Waals surface area contributed by atoms with Crippen LogP contribution in [0.25, 0.3) is 0 Å². The number of aliphatic hydroxyl groups excluding tert-OH is 1. The molecule has 0 saturated heterocycles. The van der Waals surface area contributed by atoms with Crippen molar-refractivity contribution >= 4 is 0 Å². The van der Waals surface area contributed by atoms with E-state index in [1.165, 1.54) is 0 Å². The molecule has 20 heavy (non-hydrogen) atoms. The molecule has 0 bridgehead atoms. The monoisotopic (exact) mass is 281 g/mol. The molecule has 1 aromatic rings. The van der Waals surface area contributed by atoms with Gasteiger partial charge in [0.2, 0.25) is 0 Å². The first-order valence-electron chi connectivity index (χ1n) is 7.19. The molecule has 0 radical (unpaired) electrons. The van der Waals surface area contributed by atoms with Gasteiger partial charge in [-0.3, -0.25) is 0 Å². The molecule has 0 aliphatic rings. The smallest absolute Gasteiger partial charge is 0.123 e. The minimum absolute atomic E-state index is 0.455. The van der Waals surface area contributed by atoms with Crippen LogP contribution in [0.3, 0.4) is 0 Å². The van der Waals surface area contributed by atoms with E-state index in [1.807, 2.05) is 25.1 Å². The van der Waals surface area contributed by atoms with E-state index in [-0.39, 0.29) is 0 Å². The Morgan fingerprint density at radius 1 is 1.35 bits per heavy atom. The van der Waals surface area contributed by atoms with Crippen molar-refractivity contribution in [3.8, 4) is 5.75 Å². The topological polar surface area (TPSA) is 41.9 Å². The first-order chi connectivity index (χ1) is 9.58. The molecule has 1 aromatic carbocycles. The molecular formula is C16H27NO3. The van der Waals surface area contributed by atoms with Crippen molar-refractivity contribution in [1.82, 2.24) is 4.90 Å². The third-order valence-electron chi connectivity index (χ3n) is 3.20. The fourth-order valence-electron chi connectivity index (χ4n) is 2.13. The van der Waals surface area contributed by atoms with Gasteiger partial charge in [0, 0.05) is 32.4 Å². The van der Waals surface area contributed by atoms with E-state index in [1.54, 1.807) is 14.0 Å². The molecule has 1 N–H and O–H groups in total. The van der Waals surface area contributed by atoms with Crippen molar-refractivity contribution in [3.05, 3.63) is 29.3 Å². The molecule has 0 amide bonds. The Morgan fingerprint density at radius 2 is 2.10 bits per heavy atom. The van der Waals surface area contributed by atoms with E-state index in [9.17, 15) is 5.11 Å². The highest BCUT2D eigenvalue weighted by molar-refractivity contribution is 5.38. The van der Waals surface area contributed by atoms with Gasteiger partial charge in [0.25, 0.3) is 0 Å². The summed E-state index contributed by atoms with van der Waals surface area (Å²) in [5.41, 5.74) is 2.04. The Labute approximate surface area is 122 Å². The predicted octanol–water partition coefficient (Wildman–Crippen LogP) is 2.61. The largest absolute Gasteiger partial charge is 0.494 e. The van der Waals surface area contributed by atoms with Crippen molar-refractivity contribution in [1.29, 1.82) is 0 Å². The van der Waals surface area contributed by atoms with Crippen LogP contribution in [-0.4, -0.2) is 43.9 Å². The lowest BCUT2D eigenvalue weighted by Crippen LogP contribution is -2.20. The van der Waals surface area contributed by atoms with E-state index < -0.39 is 6.10 Å². The summed E-state index contributed by atoms with van der Waals surface area (Å²) in [4.78, 5) is 2.24. The standard InChI is InChI=1S/C16H27NO3/c1-5-20-16-8-7-14(13(2)18)11-15(16)12-17(3)9-6-10-19-4/h7-8,11,13,18H,5-6,9-10,12H2,1-4H3. The van der Waals surface area contributed by atoms with Crippen molar-refractivity contribution in [2.24, 2.45) is 0 Å². The third-order valence-corrected chi connectivity index (χ3v) is 3.20. The maximum absolute atomic E-state index is 9.71. The van der Waals surface area contributed by atoms with Gasteiger partial charge in [-0.15, -0.1) is 0 Å². The maximum atomic E-state index is 9.71. The molecule has 4 heteroatoms. The van der Waals surface area contributed by atoms with Gasteiger partial charge in [-0.2, -0.15) is 0 Å². The molecule has 0 aliphatic carbocycles. The van der Waals surface area contributed by atoms with Gasteiger partial charge in [-0.25, -0.2) is 0 Å². The van der Waals surface area contributed by atoms with Crippen LogP contribution in [0.2, 0.25) is 0 Å². The summed E-state index contributed by atoms with van der Waals surface area (Å²) < 4.78 is 10.7. The zero-order valence-corrected chi connectivity index (χ0v) is 13.1. The normalized spacial score (nSPS) is 12.7. The lowest BCUT2D eigenvalue weighted by molar-refractivity contribution is 0.177. The van der Waals surface area contributed by atoms with Crippen molar-refractivity contribution in [3.63, 3.8) is 0 Å². The molecule has 0 aliphatic heterocycles. The van der Waals surface area contributed by atoms with Gasteiger partial charge in [-0.1, -0.05) is 6.07 Å². The van der Waals surface area contributed by atoms with Gasteiger partial charge in [0.05, 0.1) is 12.7 Å². The molecule has 0 spiro atoms. The zero-order valence-electron chi connectivity index (χ0n) is 13.1. The molecule has 1 atom stereocenters. The van der Waals surface area contributed by atoms with Gasteiger partial charge in [0.15, 0.2) is 0 Å². The van der Waals surface area contributed by atoms with Crippen LogP contribution in [-0.2, 0) is 11.3 Å². The zero-order chi connectivity index (χ0) is 15.0. The highest BCUT2D eigenvalue weighted by atomic mass is 16.5. The Bertz CT molecular complexity index is 393. The fraction of sp³-hybridized carbons (Fsp3) is 0.625. The second-order valence-electron chi connectivity index (χ2n) is 5.06. The van der Waals surface area contributed by atoms with E-state index in [0.717, 1.165) is 43.0 Å². The van der Waals surface area contributed by atoms with Crippen molar-refractivity contribution in [2.75, 3.05) is 33.9 Å². The van der Waals surface area contributed by atoms with E-state index in [0.29, 0.717) is 6.61 Å². The summed E-state index contributed by atoms with van der Waals surface area (Å²) in [6.45, 7) is 6.96. The Morgan fingerprint density at radius 3 is 2.70 bits per heavy atom. The van der Waals surface area contributed by atoms with E-state index in [4.69, 9.17) is 9.47 Å². The Kier molecular flexibility index (Phi) is 7.59. The molecule has 1 unspecified atom stereocenters. The highest BCUT2D eigenvalue weighted by Crippen LogP contribution is 2.24. The third kappa shape index (κ3) is 5.49. The summed E-state index contributed by atoms with van der Waals surface area (Å²) in [5, 5.41) is 9.71. The van der Waals surface area contributed by atoms with Gasteiger partial charge in [0.1, 0.15) is 5.75 Å². The van der Waals surface area contributed by atoms with Gasteiger partial charge < -0.3 is 19.5 Å². The molecular weight excluding hydrogens is 254 g/mol. The predicted molar refractivity (Wildman–Crippen MR) is 81.1 cm³/mol. The summed E-state index contributed by atoms with van der Waals surface area (Å²) >= 11 is 0. The van der Waals surface area contributed by atoms with Crippen LogP contribution in [0.15, 0.2) is 18.2 Å². The minimum atomic E-state index is -0.455. The molecule has 0 heterocycles. The van der Waals surface area contributed by atoms with Crippen LogP contribution >= 0.6 is 0 Å². The molecule has 4 nitrogen and oxygen atoms in total. The fourth-order valence-corrected chi connectivity index (χ4v) is 2.13. The quantitative estimate of drug-likeness (QED) is 0.707. The lowest BCUT2D eigenvalue weighted by Gasteiger charge is -2.20. The van der Waals surface area contributed by atoms with Crippen LogP contribution in [0.5, 0.6) is 5.75 Å². The second kappa shape index (κ2) is 8.95. The summed E-state index contributed by atoms with van der Waals surface area (Å²) in [7, 11) is 3.81. The van der Waals surface area contributed by atoms with Crippen LogP contribution in [0.4, 0.5) is 0 Å². The molecule has 0 aromatic heterocycles. The second-order valence-corrected chi connectivity index (χ2v) is 5.06. The molecule has 0 saturated carbocycles.